The highest BCUT2D eigenvalue weighted by Gasteiger charge is 2.14. The van der Waals surface area contributed by atoms with Gasteiger partial charge in [-0.3, -0.25) is 9.79 Å². The van der Waals surface area contributed by atoms with Gasteiger partial charge in [0.1, 0.15) is 0 Å². The average Bonchev–Trinajstić information content (AvgIpc) is 2.46. The minimum atomic E-state index is -0.229. The average molecular weight is 337 g/mol. The fraction of sp³-hybridized carbons (Fsp3) is 0.529. The molecule has 5 nitrogen and oxygen atoms in total. The van der Waals surface area contributed by atoms with E-state index in [1.54, 1.807) is 18.8 Å². The normalized spacial score (nSPS) is 12.0. The van der Waals surface area contributed by atoms with Crippen LogP contribution in [0.2, 0.25) is 0 Å². The van der Waals surface area contributed by atoms with Crippen molar-refractivity contribution in [2.45, 2.75) is 37.8 Å². The maximum Gasteiger partial charge on any atom is 0.239 e. The predicted octanol–water partition coefficient (Wildman–Crippen LogP) is 2.33. The second kappa shape index (κ2) is 8.82. The van der Waals surface area contributed by atoms with Gasteiger partial charge >= 0.3 is 0 Å². The Labute approximate surface area is 143 Å². The number of rotatable bonds is 5. The molecule has 0 aliphatic heterocycles. The summed E-state index contributed by atoms with van der Waals surface area (Å²) in [6.45, 7) is 6.83. The van der Waals surface area contributed by atoms with Gasteiger partial charge < -0.3 is 15.5 Å². The maximum absolute atomic E-state index is 11.9. The molecule has 0 fully saturated rings. The van der Waals surface area contributed by atoms with Gasteiger partial charge in [-0.15, -0.1) is 11.8 Å². The maximum atomic E-state index is 11.9. The Balaban J connectivity index is 2.54. The highest BCUT2D eigenvalue weighted by molar-refractivity contribution is 7.98. The summed E-state index contributed by atoms with van der Waals surface area (Å²) in [6.07, 6.45) is 2.07. The van der Waals surface area contributed by atoms with Crippen molar-refractivity contribution in [2.75, 3.05) is 26.9 Å². The number of hydrogen-bond donors (Lipinski definition) is 2. The number of carbonyl (C=O) groups excluding carboxylic acids is 1. The van der Waals surface area contributed by atoms with E-state index in [0.29, 0.717) is 5.96 Å². The largest absolute Gasteiger partial charge is 0.350 e. The van der Waals surface area contributed by atoms with E-state index < -0.39 is 0 Å². The zero-order valence-corrected chi connectivity index (χ0v) is 15.8. The van der Waals surface area contributed by atoms with Crippen LogP contribution in [-0.4, -0.2) is 49.2 Å². The SMILES string of the molecule is CN=C(NCC(=O)NC(C)(C)C)N(C)Cc1ccc(SC)cc1. The van der Waals surface area contributed by atoms with Crippen LogP contribution >= 0.6 is 11.8 Å². The van der Waals surface area contributed by atoms with Gasteiger partial charge in [0.25, 0.3) is 0 Å². The summed E-state index contributed by atoms with van der Waals surface area (Å²) in [6, 6.07) is 8.45. The van der Waals surface area contributed by atoms with E-state index in [1.165, 1.54) is 10.5 Å². The lowest BCUT2D eigenvalue weighted by molar-refractivity contribution is -0.121. The van der Waals surface area contributed by atoms with Crippen LogP contribution in [0.1, 0.15) is 26.3 Å². The molecular weight excluding hydrogens is 308 g/mol. The van der Waals surface area contributed by atoms with Crippen LogP contribution in [0.3, 0.4) is 0 Å². The van der Waals surface area contributed by atoms with Crippen LogP contribution in [0.5, 0.6) is 0 Å². The van der Waals surface area contributed by atoms with Gasteiger partial charge in [-0.1, -0.05) is 12.1 Å². The summed E-state index contributed by atoms with van der Waals surface area (Å²) in [5, 5.41) is 6.02. The number of aliphatic imine (C=N–C) groups is 1. The minimum absolute atomic E-state index is 0.0450. The monoisotopic (exact) mass is 336 g/mol. The van der Waals surface area contributed by atoms with Gasteiger partial charge in [-0.25, -0.2) is 0 Å². The number of hydrogen-bond acceptors (Lipinski definition) is 3. The number of benzene rings is 1. The first-order valence-electron chi connectivity index (χ1n) is 7.61. The van der Waals surface area contributed by atoms with Crippen molar-refractivity contribution in [3.8, 4) is 0 Å². The Morgan fingerprint density at radius 1 is 1.26 bits per heavy atom. The van der Waals surface area contributed by atoms with E-state index >= 15 is 0 Å². The molecule has 0 saturated heterocycles. The summed E-state index contributed by atoms with van der Waals surface area (Å²) in [7, 11) is 3.68. The topological polar surface area (TPSA) is 56.7 Å². The molecule has 0 saturated carbocycles. The first kappa shape index (κ1) is 19.4. The zero-order valence-electron chi connectivity index (χ0n) is 14.9. The van der Waals surface area contributed by atoms with Crippen LogP contribution in [0.25, 0.3) is 0 Å². The van der Waals surface area contributed by atoms with E-state index in [0.717, 1.165) is 6.54 Å². The number of guanidine groups is 1. The predicted molar refractivity (Wildman–Crippen MR) is 98.9 cm³/mol. The van der Waals surface area contributed by atoms with Crippen LogP contribution in [0, 0.1) is 0 Å². The molecule has 0 aromatic heterocycles. The second-order valence-corrected chi connectivity index (χ2v) is 7.28. The number of carbonyl (C=O) groups is 1. The summed E-state index contributed by atoms with van der Waals surface area (Å²) >= 11 is 1.73. The van der Waals surface area contributed by atoms with Crippen molar-refractivity contribution in [3.05, 3.63) is 29.8 Å². The Bertz CT molecular complexity index is 535. The highest BCUT2D eigenvalue weighted by Crippen LogP contribution is 2.15. The Kier molecular flexibility index (Phi) is 7.42. The molecule has 1 aromatic rings. The summed E-state index contributed by atoms with van der Waals surface area (Å²) in [4.78, 5) is 19.4. The molecule has 0 bridgehead atoms. The molecule has 23 heavy (non-hydrogen) atoms. The molecule has 0 spiro atoms. The van der Waals surface area contributed by atoms with E-state index in [9.17, 15) is 4.79 Å². The molecule has 6 heteroatoms. The van der Waals surface area contributed by atoms with Gasteiger partial charge in [0.15, 0.2) is 5.96 Å². The minimum Gasteiger partial charge on any atom is -0.350 e. The van der Waals surface area contributed by atoms with Crippen LogP contribution < -0.4 is 10.6 Å². The molecule has 0 atom stereocenters. The third-order valence-electron chi connectivity index (χ3n) is 3.07. The number of nitrogens with one attached hydrogen (secondary N) is 2. The molecule has 0 radical (unpaired) electrons. The van der Waals surface area contributed by atoms with Crippen molar-refractivity contribution in [3.63, 3.8) is 0 Å². The van der Waals surface area contributed by atoms with Gasteiger partial charge in [0.05, 0.1) is 6.54 Å². The van der Waals surface area contributed by atoms with Gasteiger partial charge in [0, 0.05) is 31.1 Å². The molecule has 1 amide bonds. The molecule has 1 aromatic carbocycles. The second-order valence-electron chi connectivity index (χ2n) is 6.40. The number of thioether (sulfide) groups is 1. The van der Waals surface area contributed by atoms with Crippen molar-refractivity contribution >= 4 is 23.6 Å². The summed E-state index contributed by atoms with van der Waals surface area (Å²) in [5.74, 6) is 0.652. The molecular formula is C17H28N4OS. The van der Waals surface area contributed by atoms with Crippen molar-refractivity contribution in [2.24, 2.45) is 4.99 Å². The lowest BCUT2D eigenvalue weighted by Crippen LogP contribution is -2.48. The number of nitrogens with zero attached hydrogens (tertiary/aromatic N) is 2. The fourth-order valence-electron chi connectivity index (χ4n) is 2.09. The van der Waals surface area contributed by atoms with Crippen LogP contribution in [0.15, 0.2) is 34.2 Å². The third kappa shape index (κ3) is 7.41. The summed E-state index contributed by atoms with van der Waals surface area (Å²) < 4.78 is 0. The van der Waals surface area contributed by atoms with Crippen molar-refractivity contribution in [1.29, 1.82) is 0 Å². The molecule has 0 aliphatic carbocycles. The van der Waals surface area contributed by atoms with E-state index in [-0.39, 0.29) is 18.0 Å². The Morgan fingerprint density at radius 2 is 1.87 bits per heavy atom. The first-order chi connectivity index (χ1) is 10.7. The molecule has 0 heterocycles. The van der Waals surface area contributed by atoms with Gasteiger partial charge in [-0.05, 0) is 44.7 Å². The van der Waals surface area contributed by atoms with E-state index in [1.807, 2.05) is 32.7 Å². The smallest absolute Gasteiger partial charge is 0.239 e. The molecule has 0 aliphatic rings. The van der Waals surface area contributed by atoms with Crippen LogP contribution in [-0.2, 0) is 11.3 Å². The Morgan fingerprint density at radius 3 is 2.35 bits per heavy atom. The Hall–Kier alpha value is -1.69. The van der Waals surface area contributed by atoms with Crippen LogP contribution in [0.4, 0.5) is 0 Å². The van der Waals surface area contributed by atoms with Gasteiger partial charge in [0.2, 0.25) is 5.91 Å². The lowest BCUT2D eigenvalue weighted by Gasteiger charge is -2.24. The molecule has 128 valence electrons. The lowest BCUT2D eigenvalue weighted by atomic mass is 10.1. The molecule has 2 N–H and O–H groups in total. The standard InChI is InChI=1S/C17H28N4OS/c1-17(2,3)20-15(22)11-19-16(18-4)21(5)12-13-7-9-14(23-6)10-8-13/h7-10H,11-12H2,1-6H3,(H,18,19)(H,20,22). The van der Waals surface area contributed by atoms with E-state index in [2.05, 4.69) is 46.1 Å². The molecule has 1 rings (SSSR count). The third-order valence-corrected chi connectivity index (χ3v) is 3.82. The fourth-order valence-corrected chi connectivity index (χ4v) is 2.49. The van der Waals surface area contributed by atoms with Gasteiger partial charge in [-0.2, -0.15) is 0 Å². The van der Waals surface area contributed by atoms with Crippen molar-refractivity contribution in [1.82, 2.24) is 15.5 Å². The van der Waals surface area contributed by atoms with Crippen molar-refractivity contribution < 1.29 is 4.79 Å². The quantitative estimate of drug-likeness (QED) is 0.492. The molecule has 0 unspecified atom stereocenters. The first-order valence-corrected chi connectivity index (χ1v) is 8.83. The summed E-state index contributed by atoms with van der Waals surface area (Å²) in [5.41, 5.74) is 0.972. The zero-order chi connectivity index (χ0) is 17.5. The number of amides is 1. The highest BCUT2D eigenvalue weighted by atomic mass is 32.2. The van der Waals surface area contributed by atoms with E-state index in [4.69, 9.17) is 0 Å².